The van der Waals surface area contributed by atoms with Crippen LogP contribution in [0.3, 0.4) is 0 Å². The Kier molecular flexibility index (Phi) is 4.16. The van der Waals surface area contributed by atoms with Crippen molar-refractivity contribution in [3.63, 3.8) is 0 Å². The van der Waals surface area contributed by atoms with Gasteiger partial charge in [-0.15, -0.1) is 0 Å². The molecule has 1 amide bonds. The van der Waals surface area contributed by atoms with E-state index in [1.807, 2.05) is 10.7 Å². The molecule has 0 atom stereocenters. The van der Waals surface area contributed by atoms with E-state index in [2.05, 4.69) is 20.3 Å². The van der Waals surface area contributed by atoms with Gasteiger partial charge < -0.3 is 16.0 Å². The van der Waals surface area contributed by atoms with E-state index in [4.69, 9.17) is 22.4 Å². The molecule has 0 saturated heterocycles. The minimum absolute atomic E-state index is 0.159. The number of fused-ring (bicyclic) bond motifs is 2. The first-order valence-corrected chi connectivity index (χ1v) is 9.98. The average molecular weight is 410 g/mol. The number of aromatic amines is 1. The first-order valence-electron chi connectivity index (χ1n) is 9.61. The molecule has 0 spiro atoms. The Morgan fingerprint density at radius 1 is 1.31 bits per heavy atom. The third kappa shape index (κ3) is 2.74. The molecule has 1 aliphatic rings. The normalized spacial score (nSPS) is 14.8. The SMILES string of the molecule is CNC(=O)c1ccc2c(Cl)c(-c3nn(C4CCCC4)c4ncnc(N)c34)[nH]c2c1. The van der Waals surface area contributed by atoms with Crippen LogP contribution in [0.15, 0.2) is 24.5 Å². The van der Waals surface area contributed by atoms with E-state index in [0.717, 1.165) is 29.4 Å². The van der Waals surface area contributed by atoms with Crippen molar-refractivity contribution in [1.82, 2.24) is 30.0 Å². The van der Waals surface area contributed by atoms with Crippen molar-refractivity contribution >= 4 is 45.3 Å². The summed E-state index contributed by atoms with van der Waals surface area (Å²) in [6.07, 6.45) is 5.96. The highest BCUT2D eigenvalue weighted by molar-refractivity contribution is 6.38. The second-order valence-corrected chi connectivity index (χ2v) is 7.72. The molecule has 5 rings (SSSR count). The summed E-state index contributed by atoms with van der Waals surface area (Å²) < 4.78 is 1.97. The fourth-order valence-electron chi connectivity index (χ4n) is 4.19. The molecule has 0 bridgehead atoms. The number of nitrogens with one attached hydrogen (secondary N) is 2. The lowest BCUT2D eigenvalue weighted by atomic mass is 10.1. The average Bonchev–Trinajstić information content (AvgIpc) is 3.45. The molecular formula is C20H20ClN7O. The van der Waals surface area contributed by atoms with E-state index in [1.54, 1.807) is 19.2 Å². The molecule has 29 heavy (non-hydrogen) atoms. The number of halogens is 1. The number of aromatic nitrogens is 5. The van der Waals surface area contributed by atoms with Crippen LogP contribution in [0.2, 0.25) is 5.02 Å². The zero-order valence-corrected chi connectivity index (χ0v) is 16.6. The fourth-order valence-corrected chi connectivity index (χ4v) is 4.49. The largest absolute Gasteiger partial charge is 0.383 e. The Morgan fingerprint density at radius 2 is 2.10 bits per heavy atom. The molecule has 4 N–H and O–H groups in total. The van der Waals surface area contributed by atoms with E-state index in [-0.39, 0.29) is 5.91 Å². The molecule has 3 aromatic heterocycles. The molecule has 0 aliphatic heterocycles. The summed E-state index contributed by atoms with van der Waals surface area (Å²) in [5, 5.41) is 9.54. The number of hydrogen-bond acceptors (Lipinski definition) is 5. The maximum absolute atomic E-state index is 12.0. The molecule has 1 aliphatic carbocycles. The third-order valence-electron chi connectivity index (χ3n) is 5.65. The van der Waals surface area contributed by atoms with Gasteiger partial charge in [-0.3, -0.25) is 4.79 Å². The van der Waals surface area contributed by atoms with Gasteiger partial charge in [-0.1, -0.05) is 30.5 Å². The van der Waals surface area contributed by atoms with Crippen molar-refractivity contribution in [1.29, 1.82) is 0 Å². The Morgan fingerprint density at radius 3 is 2.86 bits per heavy atom. The van der Waals surface area contributed by atoms with Crippen LogP contribution in [0.1, 0.15) is 42.1 Å². The van der Waals surface area contributed by atoms with Crippen molar-refractivity contribution in [2.45, 2.75) is 31.7 Å². The van der Waals surface area contributed by atoms with E-state index in [0.29, 0.717) is 39.2 Å². The lowest BCUT2D eigenvalue weighted by Crippen LogP contribution is -2.17. The summed E-state index contributed by atoms with van der Waals surface area (Å²) in [4.78, 5) is 23.9. The molecular weight excluding hydrogens is 390 g/mol. The number of benzene rings is 1. The minimum Gasteiger partial charge on any atom is -0.383 e. The number of hydrogen-bond donors (Lipinski definition) is 3. The summed E-state index contributed by atoms with van der Waals surface area (Å²) in [6, 6.07) is 5.65. The number of H-pyrrole nitrogens is 1. The monoisotopic (exact) mass is 409 g/mol. The highest BCUT2D eigenvalue weighted by atomic mass is 35.5. The Labute approximate surface area is 171 Å². The molecule has 1 saturated carbocycles. The first kappa shape index (κ1) is 17.9. The predicted molar refractivity (Wildman–Crippen MR) is 113 cm³/mol. The number of carbonyl (C=O) groups excluding carboxylic acids is 1. The number of nitrogens with two attached hydrogens (primary N) is 1. The molecule has 3 heterocycles. The second kappa shape index (κ2) is 6.73. The summed E-state index contributed by atoms with van der Waals surface area (Å²) in [5.74, 6) is 0.211. The van der Waals surface area contributed by atoms with Gasteiger partial charge in [-0.2, -0.15) is 5.10 Å². The van der Waals surface area contributed by atoms with Gasteiger partial charge >= 0.3 is 0 Å². The smallest absolute Gasteiger partial charge is 0.251 e. The van der Waals surface area contributed by atoms with Gasteiger partial charge in [0, 0.05) is 23.5 Å². The van der Waals surface area contributed by atoms with Gasteiger partial charge in [0.25, 0.3) is 5.91 Å². The number of nitrogen functional groups attached to an aromatic ring is 1. The zero-order chi connectivity index (χ0) is 20.1. The number of nitrogens with zero attached hydrogens (tertiary/aromatic N) is 4. The van der Waals surface area contributed by atoms with E-state index in [9.17, 15) is 4.79 Å². The summed E-state index contributed by atoms with van der Waals surface area (Å²) in [6.45, 7) is 0. The third-order valence-corrected chi connectivity index (χ3v) is 6.04. The van der Waals surface area contributed by atoms with Crippen LogP contribution in [-0.4, -0.2) is 37.7 Å². The van der Waals surface area contributed by atoms with Gasteiger partial charge in [-0.25, -0.2) is 14.6 Å². The van der Waals surface area contributed by atoms with E-state index in [1.165, 1.54) is 19.2 Å². The molecule has 4 aromatic rings. The zero-order valence-electron chi connectivity index (χ0n) is 15.9. The van der Waals surface area contributed by atoms with Crippen LogP contribution in [0.5, 0.6) is 0 Å². The van der Waals surface area contributed by atoms with Crippen molar-refractivity contribution in [2.75, 3.05) is 12.8 Å². The fraction of sp³-hybridized carbons (Fsp3) is 0.300. The highest BCUT2D eigenvalue weighted by Gasteiger charge is 2.26. The molecule has 1 aromatic carbocycles. The van der Waals surface area contributed by atoms with Crippen LogP contribution < -0.4 is 11.1 Å². The van der Waals surface area contributed by atoms with Crippen LogP contribution in [-0.2, 0) is 0 Å². The Balaban J connectivity index is 1.74. The number of anilines is 1. The number of amides is 1. The van der Waals surface area contributed by atoms with Crippen molar-refractivity contribution in [2.24, 2.45) is 0 Å². The van der Waals surface area contributed by atoms with E-state index < -0.39 is 0 Å². The summed E-state index contributed by atoms with van der Waals surface area (Å²) in [7, 11) is 1.60. The Bertz CT molecular complexity index is 1250. The maximum atomic E-state index is 12.0. The standard InChI is InChI=1S/C20H20ClN7O/c1-23-20(29)10-6-7-12-13(8-10)26-17(15(12)21)16-14-18(22)24-9-25-19(14)28(27-16)11-4-2-3-5-11/h6-9,11,26H,2-5H2,1H3,(H,23,29)(H2,22,24,25). The second-order valence-electron chi connectivity index (χ2n) is 7.34. The quantitative estimate of drug-likeness (QED) is 0.477. The van der Waals surface area contributed by atoms with Gasteiger partial charge in [0.2, 0.25) is 0 Å². The first-order chi connectivity index (χ1) is 14.1. The molecule has 9 heteroatoms. The van der Waals surface area contributed by atoms with Crippen molar-refractivity contribution < 1.29 is 4.79 Å². The topological polar surface area (TPSA) is 115 Å². The summed E-state index contributed by atoms with van der Waals surface area (Å²) >= 11 is 6.72. The lowest BCUT2D eigenvalue weighted by Gasteiger charge is -2.09. The van der Waals surface area contributed by atoms with Gasteiger partial charge in [0.1, 0.15) is 17.8 Å². The molecule has 0 radical (unpaired) electrons. The highest BCUT2D eigenvalue weighted by Crippen LogP contribution is 2.40. The molecule has 148 valence electrons. The number of rotatable bonds is 3. The van der Waals surface area contributed by atoms with Crippen LogP contribution >= 0.6 is 11.6 Å². The van der Waals surface area contributed by atoms with Crippen molar-refractivity contribution in [3.8, 4) is 11.4 Å². The van der Waals surface area contributed by atoms with Crippen LogP contribution in [0.25, 0.3) is 33.3 Å². The number of carbonyl (C=O) groups is 1. The minimum atomic E-state index is -0.159. The molecule has 0 unspecified atom stereocenters. The van der Waals surface area contributed by atoms with Crippen molar-refractivity contribution in [3.05, 3.63) is 35.1 Å². The summed E-state index contributed by atoms with van der Waals surface area (Å²) in [5.41, 5.74) is 9.53. The van der Waals surface area contributed by atoms with Crippen LogP contribution in [0, 0.1) is 0 Å². The maximum Gasteiger partial charge on any atom is 0.251 e. The van der Waals surface area contributed by atoms with Gasteiger partial charge in [0.15, 0.2) is 5.65 Å². The van der Waals surface area contributed by atoms with Gasteiger partial charge in [-0.05, 0) is 25.0 Å². The lowest BCUT2D eigenvalue weighted by molar-refractivity contribution is 0.0963. The van der Waals surface area contributed by atoms with Crippen LogP contribution in [0.4, 0.5) is 5.82 Å². The van der Waals surface area contributed by atoms with E-state index >= 15 is 0 Å². The molecule has 8 nitrogen and oxygen atoms in total. The Hall–Kier alpha value is -3.13. The van der Waals surface area contributed by atoms with Gasteiger partial charge in [0.05, 0.1) is 22.1 Å². The molecule has 1 fully saturated rings. The predicted octanol–water partition coefficient (Wildman–Crippen LogP) is 3.68.